The van der Waals surface area contributed by atoms with Crippen molar-refractivity contribution in [1.82, 2.24) is 0 Å². The van der Waals surface area contributed by atoms with Crippen molar-refractivity contribution in [3.05, 3.63) is 35.9 Å². The molecule has 0 spiro atoms. The standard InChI is InChI=1S/C11H13NO2S/c1-8-12-11(15(13)9(2)14-8)10-6-4-3-5-7-10/h3-9H,1-2H3. The highest BCUT2D eigenvalue weighted by molar-refractivity contribution is 8.01. The molecule has 2 rings (SSSR count). The fourth-order valence-electron chi connectivity index (χ4n) is 1.50. The maximum Gasteiger partial charge on any atom is 0.148 e. The Morgan fingerprint density at radius 3 is 2.60 bits per heavy atom. The Labute approximate surface area is 91.6 Å². The van der Waals surface area contributed by atoms with Crippen LogP contribution in [0.1, 0.15) is 19.4 Å². The third-order valence-electron chi connectivity index (χ3n) is 2.20. The lowest BCUT2D eigenvalue weighted by molar-refractivity contribution is 0.0576. The van der Waals surface area contributed by atoms with Gasteiger partial charge in [-0.25, -0.2) is 4.99 Å². The normalized spacial score (nSPS) is 31.1. The molecule has 0 saturated heterocycles. The molecular formula is C11H13NO2S. The fraction of sp³-hybridized carbons (Fsp3) is 0.364. The summed E-state index contributed by atoms with van der Waals surface area (Å²) in [6.45, 7) is 3.67. The third-order valence-corrected chi connectivity index (χ3v) is 3.64. The van der Waals surface area contributed by atoms with Crippen LogP contribution >= 0.6 is 0 Å². The van der Waals surface area contributed by atoms with Crippen LogP contribution in [0.4, 0.5) is 0 Å². The van der Waals surface area contributed by atoms with E-state index in [1.165, 1.54) is 0 Å². The Bertz CT molecular complexity index is 402. The minimum atomic E-state index is -1.17. The van der Waals surface area contributed by atoms with Gasteiger partial charge in [-0.2, -0.15) is 0 Å². The first-order valence-electron chi connectivity index (χ1n) is 4.88. The lowest BCUT2D eigenvalue weighted by Gasteiger charge is -2.23. The van der Waals surface area contributed by atoms with Gasteiger partial charge in [0.15, 0.2) is 0 Å². The van der Waals surface area contributed by atoms with E-state index in [2.05, 4.69) is 4.99 Å². The maximum atomic E-state index is 11.9. The Kier molecular flexibility index (Phi) is 2.98. The SMILES string of the molecule is CC1N=C(c2ccccc2)S(=O)C(C)O1. The van der Waals surface area contributed by atoms with Crippen molar-refractivity contribution in [1.29, 1.82) is 0 Å². The Balaban J connectivity index is 2.40. The van der Waals surface area contributed by atoms with Crippen LogP contribution in [0.3, 0.4) is 0 Å². The van der Waals surface area contributed by atoms with Crippen molar-refractivity contribution >= 4 is 15.8 Å². The lowest BCUT2D eigenvalue weighted by Crippen LogP contribution is -2.32. The van der Waals surface area contributed by atoms with Gasteiger partial charge in [-0.1, -0.05) is 30.3 Å². The molecule has 1 aromatic rings. The minimum Gasteiger partial charge on any atom is -0.340 e. The zero-order chi connectivity index (χ0) is 10.8. The summed E-state index contributed by atoms with van der Waals surface area (Å²) in [7, 11) is -1.17. The van der Waals surface area contributed by atoms with E-state index < -0.39 is 10.8 Å². The van der Waals surface area contributed by atoms with Gasteiger partial charge in [0, 0.05) is 5.56 Å². The van der Waals surface area contributed by atoms with Crippen LogP contribution in [0, 0.1) is 0 Å². The van der Waals surface area contributed by atoms with Gasteiger partial charge in [-0.3, -0.25) is 4.21 Å². The molecule has 1 aromatic carbocycles. The van der Waals surface area contributed by atoms with Crippen LogP contribution in [0.25, 0.3) is 0 Å². The van der Waals surface area contributed by atoms with E-state index in [9.17, 15) is 4.21 Å². The van der Waals surface area contributed by atoms with Crippen LogP contribution in [0.2, 0.25) is 0 Å². The first kappa shape index (κ1) is 10.5. The minimum absolute atomic E-state index is 0.215. The second kappa shape index (κ2) is 4.24. The van der Waals surface area contributed by atoms with Gasteiger partial charge < -0.3 is 4.74 Å². The first-order chi connectivity index (χ1) is 7.18. The summed E-state index contributed by atoms with van der Waals surface area (Å²) in [5, 5.41) is 0.641. The molecule has 0 aromatic heterocycles. The number of rotatable bonds is 1. The molecule has 0 N–H and O–H groups in total. The number of nitrogens with zero attached hydrogens (tertiary/aromatic N) is 1. The van der Waals surface area contributed by atoms with Crippen LogP contribution in [-0.2, 0) is 15.5 Å². The summed E-state index contributed by atoms with van der Waals surface area (Å²) in [4.78, 5) is 4.28. The van der Waals surface area contributed by atoms with Gasteiger partial charge in [0.05, 0.1) is 0 Å². The molecule has 1 aliphatic rings. The van der Waals surface area contributed by atoms with Crippen molar-refractivity contribution in [2.24, 2.45) is 4.99 Å². The number of benzene rings is 1. The van der Waals surface area contributed by atoms with Gasteiger partial charge in [0.25, 0.3) is 0 Å². The molecule has 0 amide bonds. The Hall–Kier alpha value is -1.00. The number of aliphatic imine (C=N–C) groups is 1. The van der Waals surface area contributed by atoms with Gasteiger partial charge in [0.1, 0.15) is 27.5 Å². The molecular weight excluding hydrogens is 210 g/mol. The summed E-state index contributed by atoms with van der Waals surface area (Å²) in [5.74, 6) is 0. The van der Waals surface area contributed by atoms with Gasteiger partial charge >= 0.3 is 0 Å². The van der Waals surface area contributed by atoms with E-state index in [1.807, 2.05) is 44.2 Å². The molecule has 1 aliphatic heterocycles. The molecule has 4 heteroatoms. The molecule has 0 saturated carbocycles. The summed E-state index contributed by atoms with van der Waals surface area (Å²) >= 11 is 0. The quantitative estimate of drug-likeness (QED) is 0.729. The zero-order valence-electron chi connectivity index (χ0n) is 8.71. The average molecular weight is 223 g/mol. The highest BCUT2D eigenvalue weighted by atomic mass is 32.2. The van der Waals surface area contributed by atoms with Crippen LogP contribution < -0.4 is 0 Å². The monoisotopic (exact) mass is 223 g/mol. The Morgan fingerprint density at radius 2 is 1.93 bits per heavy atom. The smallest absolute Gasteiger partial charge is 0.148 e. The van der Waals surface area contributed by atoms with Crippen molar-refractivity contribution in [2.75, 3.05) is 0 Å². The van der Waals surface area contributed by atoms with Crippen molar-refractivity contribution < 1.29 is 8.95 Å². The Morgan fingerprint density at radius 1 is 1.27 bits per heavy atom. The summed E-state index contributed by atoms with van der Waals surface area (Å²) < 4.78 is 17.3. The third kappa shape index (κ3) is 2.16. The van der Waals surface area contributed by atoms with Crippen LogP contribution in [-0.4, -0.2) is 20.9 Å². The van der Waals surface area contributed by atoms with Gasteiger partial charge in [-0.15, -0.1) is 0 Å². The van der Waals surface area contributed by atoms with E-state index in [1.54, 1.807) is 0 Å². The van der Waals surface area contributed by atoms with E-state index in [0.717, 1.165) is 5.56 Å². The lowest BCUT2D eigenvalue weighted by atomic mass is 10.2. The molecule has 80 valence electrons. The van der Waals surface area contributed by atoms with Crippen molar-refractivity contribution in [3.63, 3.8) is 0 Å². The second-order valence-corrected chi connectivity index (χ2v) is 5.05. The van der Waals surface area contributed by atoms with Crippen LogP contribution in [0.15, 0.2) is 35.3 Å². The molecule has 0 aliphatic carbocycles. The molecule has 0 radical (unpaired) electrons. The van der Waals surface area contributed by atoms with E-state index in [0.29, 0.717) is 5.04 Å². The van der Waals surface area contributed by atoms with Crippen molar-refractivity contribution in [3.8, 4) is 0 Å². The van der Waals surface area contributed by atoms with E-state index in [4.69, 9.17) is 4.74 Å². The fourth-order valence-corrected chi connectivity index (χ4v) is 2.70. The molecule has 15 heavy (non-hydrogen) atoms. The van der Waals surface area contributed by atoms with Crippen molar-refractivity contribution in [2.45, 2.75) is 25.5 Å². The molecule has 1 heterocycles. The average Bonchev–Trinajstić information content (AvgIpc) is 2.24. The molecule has 3 unspecified atom stereocenters. The molecule has 0 bridgehead atoms. The summed E-state index contributed by atoms with van der Waals surface area (Å²) in [6.07, 6.45) is -0.215. The second-order valence-electron chi connectivity index (χ2n) is 3.40. The molecule has 3 nitrogen and oxygen atoms in total. The number of ether oxygens (including phenoxy) is 1. The predicted molar refractivity (Wildman–Crippen MR) is 61.1 cm³/mol. The van der Waals surface area contributed by atoms with Gasteiger partial charge in [0.2, 0.25) is 0 Å². The summed E-state index contributed by atoms with van der Waals surface area (Å²) in [6, 6.07) is 9.60. The predicted octanol–water partition coefficient (Wildman–Crippen LogP) is 1.90. The highest BCUT2D eigenvalue weighted by Gasteiger charge is 2.26. The molecule has 0 fully saturated rings. The summed E-state index contributed by atoms with van der Waals surface area (Å²) in [5.41, 5.74) is 0.630. The van der Waals surface area contributed by atoms with E-state index >= 15 is 0 Å². The maximum absolute atomic E-state index is 11.9. The highest BCUT2D eigenvalue weighted by Crippen LogP contribution is 2.17. The largest absolute Gasteiger partial charge is 0.340 e. The zero-order valence-corrected chi connectivity index (χ0v) is 9.53. The first-order valence-corrected chi connectivity index (χ1v) is 6.09. The van der Waals surface area contributed by atoms with Gasteiger partial charge in [-0.05, 0) is 13.8 Å². The molecule has 3 atom stereocenters. The van der Waals surface area contributed by atoms with E-state index in [-0.39, 0.29) is 11.7 Å². The van der Waals surface area contributed by atoms with Crippen LogP contribution in [0.5, 0.6) is 0 Å². The topological polar surface area (TPSA) is 38.7 Å². The number of hydrogen-bond donors (Lipinski definition) is 0. The number of hydrogen-bond acceptors (Lipinski definition) is 3.